The molecule has 0 bridgehead atoms. The van der Waals surface area contributed by atoms with Gasteiger partial charge in [0, 0.05) is 138 Å². The van der Waals surface area contributed by atoms with Crippen LogP contribution in [0.15, 0.2) is 191 Å². The fourth-order valence-electron chi connectivity index (χ4n) is 3.97. The van der Waals surface area contributed by atoms with Crippen LogP contribution in [0.2, 0.25) is 0 Å². The van der Waals surface area contributed by atoms with E-state index in [4.69, 9.17) is 4.42 Å². The van der Waals surface area contributed by atoms with Gasteiger partial charge in [0.15, 0.2) is 0 Å². The number of aryl methyl sites for hydroxylation is 13. The zero-order chi connectivity index (χ0) is 83.3. The average molecular weight is 1530 g/mol. The van der Waals surface area contributed by atoms with E-state index in [-0.39, 0.29) is 0 Å². The zero-order valence-corrected chi connectivity index (χ0v) is 75.6. The highest BCUT2D eigenvalue weighted by atomic mass is 32.1. The molecule has 0 aromatic carbocycles. The molecule has 0 spiro atoms. The molecule has 104 heavy (non-hydrogen) atoms. The van der Waals surface area contributed by atoms with Gasteiger partial charge in [-0.1, -0.05) is 190 Å². The summed E-state index contributed by atoms with van der Waals surface area (Å²) in [5.41, 5.74) is 9.61. The van der Waals surface area contributed by atoms with Crippen LogP contribution < -0.4 is 0 Å². The van der Waals surface area contributed by atoms with Crippen molar-refractivity contribution < 1.29 is 13.5 Å². The smallest absolute Gasteiger partial charge is 0.133 e. The minimum Gasteiger partial charge on any atom is -0.472 e. The van der Waals surface area contributed by atoms with Crippen molar-refractivity contribution in [3.05, 3.63) is 238 Å². The quantitative estimate of drug-likeness (QED) is 0.110. The first-order valence-electron chi connectivity index (χ1n) is 36.5. The van der Waals surface area contributed by atoms with Crippen molar-refractivity contribution in [2.75, 3.05) is 0 Å². The van der Waals surface area contributed by atoms with Crippen LogP contribution in [0.5, 0.6) is 0 Å². The summed E-state index contributed by atoms with van der Waals surface area (Å²) in [7, 11) is 3.83. The Morgan fingerprint density at radius 3 is 1.15 bits per heavy atom. The van der Waals surface area contributed by atoms with Gasteiger partial charge in [-0.25, -0.2) is 28.7 Å². The lowest BCUT2D eigenvalue weighted by atomic mass is 10.4. The normalized spacial score (nSPS) is 7.38. The number of rotatable bonds is 0. The SMILES string of the molecule is CC.CC.CC.CC.CC.CC.CC.CC.CC.CC.CC.CC.CC.Cc1ccn[nH]1.Cc1ccno1.Cc1ccns1.Cc1ccoc1.Cc1ccon1.Cc1ccsn1.Cc1cnc[nH]1.Cc1cnc[nH]1.Cc1cncs1.Cc1cnsc1.Cc1ncc[nH]1.Cn1cccn1.Cn1ccnc1. The van der Waals surface area contributed by atoms with Crippen molar-refractivity contribution in [1.82, 2.24) is 87.9 Å². The van der Waals surface area contributed by atoms with Crippen molar-refractivity contribution in [2.45, 2.75) is 256 Å². The summed E-state index contributed by atoms with van der Waals surface area (Å²) >= 11 is 6.17. The highest BCUT2D eigenvalue weighted by Crippen LogP contribution is 2.00. The molecule has 598 valence electrons. The van der Waals surface area contributed by atoms with E-state index in [1.165, 1.54) is 55.5 Å². The molecule has 0 unspecified atom stereocenters. The minimum atomic E-state index is 0.856. The Morgan fingerprint density at radius 2 is 1.04 bits per heavy atom. The molecule has 0 saturated carbocycles. The summed E-state index contributed by atoms with van der Waals surface area (Å²) in [5, 5.41) is 21.2. The van der Waals surface area contributed by atoms with E-state index >= 15 is 0 Å². The van der Waals surface area contributed by atoms with E-state index in [0.29, 0.717) is 0 Å². The molecule has 0 aliphatic rings. The van der Waals surface area contributed by atoms with Crippen LogP contribution in [-0.4, -0.2) is 87.9 Å². The van der Waals surface area contributed by atoms with Crippen LogP contribution in [0.3, 0.4) is 0 Å². The Morgan fingerprint density at radius 1 is 0.462 bits per heavy atom. The number of thiazole rings is 1. The first-order chi connectivity index (χ1) is 50.6. The molecule has 13 aromatic heterocycles. The van der Waals surface area contributed by atoms with Crippen molar-refractivity contribution >= 4 is 45.9 Å². The summed E-state index contributed by atoms with van der Waals surface area (Å²) in [5.74, 6) is 1.82. The molecule has 0 atom stereocenters. The van der Waals surface area contributed by atoms with Crippen LogP contribution >= 0.6 is 45.9 Å². The number of nitrogens with one attached hydrogen (secondary N) is 4. The molecule has 0 aliphatic carbocycles. The third kappa shape index (κ3) is 118. The van der Waals surface area contributed by atoms with Gasteiger partial charge in [0.2, 0.25) is 0 Å². The molecule has 4 N–H and O–H groups in total. The maximum absolute atomic E-state index is 4.71. The summed E-state index contributed by atoms with van der Waals surface area (Å²) < 4.78 is 29.1. The molecule has 0 amide bonds. The largest absolute Gasteiger partial charge is 0.472 e. The first kappa shape index (κ1) is 125. The van der Waals surface area contributed by atoms with Gasteiger partial charge in [-0.05, 0) is 152 Å². The Bertz CT molecular complexity index is 2230. The zero-order valence-electron chi connectivity index (χ0n) is 72.4. The molecule has 13 heterocycles. The lowest BCUT2D eigenvalue weighted by molar-refractivity contribution is 0.397. The van der Waals surface area contributed by atoms with E-state index in [0.717, 1.165) is 40.1 Å². The number of furan rings is 1. The average Bonchev–Trinajstić information content (AvgIpc) is 4.52. The maximum atomic E-state index is 4.71. The number of imidazole rings is 4. The van der Waals surface area contributed by atoms with Gasteiger partial charge in [0.1, 0.15) is 17.8 Å². The van der Waals surface area contributed by atoms with Gasteiger partial charge in [-0.3, -0.25) is 14.8 Å². The molecule has 0 fully saturated rings. The van der Waals surface area contributed by atoms with Crippen LogP contribution in [0.4, 0.5) is 0 Å². The fourth-order valence-corrected chi connectivity index (χ4v) is 5.85. The van der Waals surface area contributed by atoms with Crippen LogP contribution in [0, 0.1) is 76.2 Å². The topological polar surface area (TPSA) is 267 Å². The third-order valence-electron chi connectivity index (χ3n) is 7.86. The Kier molecular flexibility index (Phi) is 146. The van der Waals surface area contributed by atoms with E-state index in [2.05, 4.69) is 87.6 Å². The van der Waals surface area contributed by atoms with E-state index in [9.17, 15) is 0 Å². The number of H-pyrrole nitrogens is 4. The molecule has 13 aromatic rings. The van der Waals surface area contributed by atoms with Crippen LogP contribution in [0.25, 0.3) is 0 Å². The van der Waals surface area contributed by atoms with E-state index in [1.54, 1.807) is 122 Å². The lowest BCUT2D eigenvalue weighted by Gasteiger charge is -1.77. The van der Waals surface area contributed by atoms with Crippen LogP contribution in [0.1, 0.15) is 241 Å². The Balaban J connectivity index is -0.0000000764. The number of hydrogen-bond donors (Lipinski definition) is 4. The standard InChI is InChI=1S/C5H6O.6C4H6N2.2C4H5NO.4C4H5NS.13C2H6/c1-5-2-3-6-4-5;2*1-4-2-5-3-6-4;1-6-3-2-5-4-6;1-6-4-2-3-5-6;1-4-5-2-3-6-4;1-4-2-3-5-6-4;1-4-2-3-6-5-4;1-4-2-3-5-6-4;1-4-2-5-3-6-4;1-4-2-5-6-3-4;1-4-2-3-6-5-4;1-4-2-3-5-6-4;13*1-2/h2-4H,1H3;2*2-3H,1H3,(H,5,6);2*2-4H,1H3;2*2-3H,1H3,(H,5,6);6*2-3H,1H3;13*1-2H3. The van der Waals surface area contributed by atoms with E-state index in [1.807, 2.05) is 346 Å². The van der Waals surface area contributed by atoms with Gasteiger partial charge in [0.05, 0.1) is 54.6 Å². The second-order valence-corrected chi connectivity index (χ2v) is 18.9. The van der Waals surface area contributed by atoms with Gasteiger partial charge in [0.25, 0.3) is 0 Å². The van der Waals surface area contributed by atoms with Gasteiger partial charge < -0.3 is 33.0 Å². The molecule has 21 nitrogen and oxygen atoms in total. The van der Waals surface area contributed by atoms with Crippen LogP contribution in [-0.2, 0) is 14.1 Å². The molecule has 0 saturated heterocycles. The molecular weight excluding hydrogens is 1380 g/mol. The molecule has 0 aliphatic heterocycles. The highest BCUT2D eigenvalue weighted by molar-refractivity contribution is 7.09. The third-order valence-corrected chi connectivity index (χ3v) is 10.6. The Labute approximate surface area is 651 Å². The van der Waals surface area contributed by atoms with Gasteiger partial charge in [-0.15, -0.1) is 11.3 Å². The van der Waals surface area contributed by atoms with Crippen molar-refractivity contribution in [3.63, 3.8) is 0 Å². The predicted octanol–water partition coefficient (Wildman–Crippen LogP) is 26.4. The monoisotopic (exact) mass is 1530 g/mol. The molecule has 13 rings (SSSR count). The van der Waals surface area contributed by atoms with Crippen molar-refractivity contribution in [1.29, 1.82) is 0 Å². The van der Waals surface area contributed by atoms with Gasteiger partial charge in [-0.2, -0.15) is 14.6 Å². The molecular formula is C79H150N18O3S4. The minimum absolute atomic E-state index is 0.856. The maximum Gasteiger partial charge on any atom is 0.133 e. The second-order valence-electron chi connectivity index (χ2n) is 15.4. The number of hydrogen-bond acceptors (Lipinski definition) is 19. The Hall–Kier alpha value is -8.52. The highest BCUT2D eigenvalue weighted by Gasteiger charge is 1.82. The summed E-state index contributed by atoms with van der Waals surface area (Å²) in [4.78, 5) is 30.2. The first-order valence-corrected chi connectivity index (χ1v) is 39.8. The second kappa shape index (κ2) is 121. The number of nitrogens with zero attached hydrogens (tertiary/aromatic N) is 14. The summed E-state index contributed by atoms with van der Waals surface area (Å²) in [6.45, 7) is 73.6. The number of aromatic amines is 4. The molecule has 0 radical (unpaired) electrons. The van der Waals surface area contributed by atoms with E-state index < -0.39 is 0 Å². The van der Waals surface area contributed by atoms with Crippen molar-refractivity contribution in [3.8, 4) is 0 Å². The predicted molar refractivity (Wildman–Crippen MR) is 461 cm³/mol. The number of aromatic nitrogens is 18. The summed E-state index contributed by atoms with van der Waals surface area (Å²) in [6.07, 6.45) is 33.2. The van der Waals surface area contributed by atoms with Crippen molar-refractivity contribution in [2.24, 2.45) is 14.1 Å². The lowest BCUT2D eigenvalue weighted by Crippen LogP contribution is -1.83. The van der Waals surface area contributed by atoms with Gasteiger partial charge >= 0.3 is 0 Å². The fraction of sp³-hybridized carbons (Fsp3) is 0.494. The molecule has 25 heteroatoms. The summed E-state index contributed by atoms with van der Waals surface area (Å²) in [6, 6.07) is 13.3.